The topological polar surface area (TPSA) is 86.9 Å². The molecule has 0 atom stereocenters. The highest BCUT2D eigenvalue weighted by Crippen LogP contribution is 2.26. The highest BCUT2D eigenvalue weighted by atomic mass is 32.2. The number of rotatable bonds is 8. The zero-order chi connectivity index (χ0) is 23.1. The number of carbonyl (C=O) groups excluding carboxylic acids is 1. The molecular weight excluding hydrogens is 437 g/mol. The fraction of sp³-hybridized carbons (Fsp3) is 0.591. The number of piperidine rings is 1. The van der Waals surface area contributed by atoms with E-state index in [2.05, 4.69) is 10.1 Å². The van der Waals surface area contributed by atoms with Crippen molar-refractivity contribution in [2.75, 3.05) is 32.6 Å². The van der Waals surface area contributed by atoms with Crippen LogP contribution in [0.1, 0.15) is 39.5 Å². The van der Waals surface area contributed by atoms with E-state index in [0.717, 1.165) is 0 Å². The number of hydrogen-bond acceptors (Lipinski definition) is 8. The maximum absolute atomic E-state index is 14.3. The first-order chi connectivity index (χ1) is 15.2. The predicted octanol–water partition coefficient (Wildman–Crippen LogP) is 4.53. The van der Waals surface area contributed by atoms with Gasteiger partial charge in [0.05, 0.1) is 12.7 Å². The van der Waals surface area contributed by atoms with Gasteiger partial charge < -0.3 is 23.6 Å². The van der Waals surface area contributed by atoms with Crippen molar-refractivity contribution in [3.8, 4) is 11.4 Å². The molecule has 1 saturated heterocycles. The third-order valence-corrected chi connectivity index (χ3v) is 5.75. The summed E-state index contributed by atoms with van der Waals surface area (Å²) in [5, 5.41) is 3.94. The van der Waals surface area contributed by atoms with Gasteiger partial charge in [0.25, 0.3) is 5.89 Å². The van der Waals surface area contributed by atoms with E-state index in [0.29, 0.717) is 60.5 Å². The Kier molecular flexibility index (Phi) is 8.50. The summed E-state index contributed by atoms with van der Waals surface area (Å²) in [4.78, 5) is 18.7. The van der Waals surface area contributed by atoms with E-state index >= 15 is 0 Å². The number of hydrogen-bond donors (Lipinski definition) is 0. The molecule has 1 aliphatic heterocycles. The van der Waals surface area contributed by atoms with Gasteiger partial charge in [-0.1, -0.05) is 5.16 Å². The van der Waals surface area contributed by atoms with Crippen LogP contribution in [0.25, 0.3) is 11.4 Å². The number of likely N-dealkylation sites (tertiary alicyclic amines) is 1. The number of aromatic nitrogens is 2. The van der Waals surface area contributed by atoms with Crippen LogP contribution >= 0.6 is 11.8 Å². The minimum Gasteiger partial charge on any atom is -0.444 e. The number of benzene rings is 1. The smallest absolute Gasteiger partial charge is 0.410 e. The quantitative estimate of drug-likeness (QED) is 0.413. The van der Waals surface area contributed by atoms with Crippen LogP contribution in [-0.2, 0) is 20.8 Å². The lowest BCUT2D eigenvalue weighted by atomic mass is 10.1. The first kappa shape index (κ1) is 24.5. The molecule has 1 aromatic carbocycles. The highest BCUT2D eigenvalue weighted by molar-refractivity contribution is 7.99. The number of ether oxygens (including phenoxy) is 3. The second kappa shape index (κ2) is 11.1. The van der Waals surface area contributed by atoms with Gasteiger partial charge >= 0.3 is 6.09 Å². The first-order valence-electron chi connectivity index (χ1n) is 10.6. The molecule has 10 heteroatoms. The van der Waals surface area contributed by atoms with Gasteiger partial charge in [-0.3, -0.25) is 0 Å². The van der Waals surface area contributed by atoms with Crippen LogP contribution < -0.4 is 0 Å². The zero-order valence-corrected chi connectivity index (χ0v) is 19.7. The largest absolute Gasteiger partial charge is 0.444 e. The predicted molar refractivity (Wildman–Crippen MR) is 118 cm³/mol. The molecule has 2 heterocycles. The van der Waals surface area contributed by atoms with E-state index in [1.165, 1.54) is 17.8 Å². The van der Waals surface area contributed by atoms with Crippen LogP contribution in [0.15, 0.2) is 27.6 Å². The summed E-state index contributed by atoms with van der Waals surface area (Å²) >= 11 is 1.39. The number of methoxy groups -OCH3 is 1. The van der Waals surface area contributed by atoms with Gasteiger partial charge in [0.15, 0.2) is 0 Å². The van der Waals surface area contributed by atoms with Gasteiger partial charge in [-0.2, -0.15) is 4.98 Å². The molecule has 1 fully saturated rings. The van der Waals surface area contributed by atoms with E-state index in [9.17, 15) is 9.18 Å². The van der Waals surface area contributed by atoms with Crippen LogP contribution in [-0.4, -0.2) is 65.4 Å². The average molecular weight is 468 g/mol. The molecule has 1 amide bonds. The number of carbonyl (C=O) groups is 1. The van der Waals surface area contributed by atoms with Crippen molar-refractivity contribution in [1.82, 2.24) is 15.0 Å². The Bertz CT molecular complexity index is 894. The lowest BCUT2D eigenvalue weighted by Crippen LogP contribution is -2.43. The molecule has 0 N–H and O–H groups in total. The van der Waals surface area contributed by atoms with Crippen LogP contribution in [0.4, 0.5) is 9.18 Å². The van der Waals surface area contributed by atoms with Crippen LogP contribution in [0.5, 0.6) is 0 Å². The molecule has 2 aromatic rings. The Balaban J connectivity index is 1.47. The third kappa shape index (κ3) is 7.18. The van der Waals surface area contributed by atoms with Crippen molar-refractivity contribution >= 4 is 17.9 Å². The second-order valence-electron chi connectivity index (χ2n) is 8.48. The van der Waals surface area contributed by atoms with Crippen molar-refractivity contribution in [2.24, 2.45) is 0 Å². The number of nitrogens with zero attached hydrogens (tertiary/aromatic N) is 3. The van der Waals surface area contributed by atoms with Gasteiger partial charge in [0.2, 0.25) is 5.82 Å². The van der Waals surface area contributed by atoms with Crippen molar-refractivity contribution < 1.29 is 27.9 Å². The molecule has 176 valence electrons. The number of thioether (sulfide) groups is 1. The van der Waals surface area contributed by atoms with Gasteiger partial charge in [-0.05, 0) is 51.8 Å². The van der Waals surface area contributed by atoms with Crippen LogP contribution in [0.2, 0.25) is 0 Å². The Morgan fingerprint density at radius 2 is 2.06 bits per heavy atom. The van der Waals surface area contributed by atoms with Gasteiger partial charge in [-0.25, -0.2) is 9.18 Å². The fourth-order valence-corrected chi connectivity index (χ4v) is 3.97. The van der Waals surface area contributed by atoms with E-state index in [1.54, 1.807) is 24.1 Å². The van der Waals surface area contributed by atoms with E-state index in [4.69, 9.17) is 18.7 Å². The standard InChI is InChI=1S/C22H30FN3O5S/c1-22(2,3)30-21(27)26-9-7-16(8-10-26)29-14-19-24-20(25-31-19)15-5-6-18(17(23)13-15)32-12-11-28-4/h5-6,13,16H,7-12,14H2,1-4H3. The summed E-state index contributed by atoms with van der Waals surface area (Å²) in [5.41, 5.74) is 0.0332. The van der Waals surface area contributed by atoms with Crippen molar-refractivity contribution in [1.29, 1.82) is 0 Å². The summed E-state index contributed by atoms with van der Waals surface area (Å²) in [6.45, 7) is 7.42. The van der Waals surface area contributed by atoms with E-state index in [-0.39, 0.29) is 24.6 Å². The molecule has 0 spiro atoms. The van der Waals surface area contributed by atoms with E-state index in [1.807, 2.05) is 20.8 Å². The molecule has 0 aliphatic carbocycles. The Morgan fingerprint density at radius 3 is 2.72 bits per heavy atom. The summed E-state index contributed by atoms with van der Waals surface area (Å²) in [7, 11) is 1.62. The lowest BCUT2D eigenvalue weighted by molar-refractivity contribution is -0.0231. The Labute approximate surface area is 191 Å². The Hall–Kier alpha value is -2.17. The molecule has 8 nitrogen and oxygen atoms in total. The maximum Gasteiger partial charge on any atom is 0.410 e. The lowest BCUT2D eigenvalue weighted by Gasteiger charge is -2.33. The first-order valence-corrected chi connectivity index (χ1v) is 11.6. The van der Waals surface area contributed by atoms with Gasteiger partial charge in [0, 0.05) is 36.4 Å². The monoisotopic (exact) mass is 467 g/mol. The third-order valence-electron chi connectivity index (χ3n) is 4.74. The summed E-state index contributed by atoms with van der Waals surface area (Å²) in [6.07, 6.45) is 1.10. The maximum atomic E-state index is 14.3. The molecule has 32 heavy (non-hydrogen) atoms. The molecule has 0 unspecified atom stereocenters. The summed E-state index contributed by atoms with van der Waals surface area (Å²) < 4.78 is 35.9. The molecule has 1 aliphatic rings. The van der Waals surface area contributed by atoms with Crippen LogP contribution in [0, 0.1) is 5.82 Å². The normalized spacial score (nSPS) is 15.2. The van der Waals surface area contributed by atoms with Gasteiger partial charge in [0.1, 0.15) is 18.0 Å². The van der Waals surface area contributed by atoms with Gasteiger partial charge in [-0.15, -0.1) is 11.8 Å². The minimum atomic E-state index is -0.508. The molecule has 3 rings (SSSR count). The number of amides is 1. The zero-order valence-electron chi connectivity index (χ0n) is 18.9. The second-order valence-corrected chi connectivity index (χ2v) is 9.61. The van der Waals surface area contributed by atoms with E-state index < -0.39 is 5.60 Å². The molecule has 0 radical (unpaired) electrons. The molecular formula is C22H30FN3O5S. The fourth-order valence-electron chi connectivity index (χ4n) is 3.14. The Morgan fingerprint density at radius 1 is 1.31 bits per heavy atom. The van der Waals surface area contributed by atoms with Crippen molar-refractivity contribution in [3.63, 3.8) is 0 Å². The highest BCUT2D eigenvalue weighted by Gasteiger charge is 2.27. The number of halogens is 1. The molecule has 0 bridgehead atoms. The average Bonchev–Trinajstić information content (AvgIpc) is 3.22. The summed E-state index contributed by atoms with van der Waals surface area (Å²) in [6, 6.07) is 4.87. The van der Waals surface area contributed by atoms with Crippen molar-refractivity contribution in [3.05, 3.63) is 29.9 Å². The SMILES string of the molecule is COCCSc1ccc(-c2noc(COC3CCN(C(=O)OC(C)(C)C)CC3)n2)cc1F. The molecule has 1 aromatic heterocycles. The summed E-state index contributed by atoms with van der Waals surface area (Å²) in [5.74, 6) is 0.986. The van der Waals surface area contributed by atoms with Crippen molar-refractivity contribution in [2.45, 2.75) is 56.8 Å². The molecule has 0 saturated carbocycles. The minimum absolute atomic E-state index is 0.00936. The van der Waals surface area contributed by atoms with Crippen LogP contribution in [0.3, 0.4) is 0 Å².